The Balaban J connectivity index is 1.32. The first kappa shape index (κ1) is 21.2. The van der Waals surface area contributed by atoms with Gasteiger partial charge >= 0.3 is 0 Å². The molecule has 4 rings (SSSR count). The Morgan fingerprint density at radius 1 is 1.03 bits per heavy atom. The molecule has 0 aliphatic rings. The van der Waals surface area contributed by atoms with Crippen molar-refractivity contribution in [3.05, 3.63) is 76.6 Å². The van der Waals surface area contributed by atoms with Crippen LogP contribution in [0.25, 0.3) is 21.6 Å². The van der Waals surface area contributed by atoms with E-state index in [4.69, 9.17) is 16.3 Å². The molecule has 0 spiro atoms. The van der Waals surface area contributed by atoms with E-state index in [1.54, 1.807) is 11.3 Å². The second-order valence-electron chi connectivity index (χ2n) is 6.79. The summed E-state index contributed by atoms with van der Waals surface area (Å²) in [6.07, 6.45) is 0. The smallest absolute Gasteiger partial charge is 0.246 e. The number of hydrogen-bond acceptors (Lipinski definition) is 6. The molecule has 6 nitrogen and oxygen atoms in total. The van der Waals surface area contributed by atoms with Crippen LogP contribution in [-0.4, -0.2) is 35.6 Å². The number of ether oxygens (including phenoxy) is 1. The van der Waals surface area contributed by atoms with Crippen molar-refractivity contribution < 1.29 is 9.53 Å². The summed E-state index contributed by atoms with van der Waals surface area (Å²) in [5.74, 6) is 1.20. The monoisotopic (exact) mass is 452 g/mol. The van der Waals surface area contributed by atoms with Gasteiger partial charge in [0.05, 0.1) is 17.0 Å². The largest absolute Gasteiger partial charge is 0.368 e. The molecule has 0 atom stereocenters. The van der Waals surface area contributed by atoms with Gasteiger partial charge in [0.15, 0.2) is 5.82 Å². The molecule has 1 amide bonds. The molecule has 0 bridgehead atoms. The van der Waals surface area contributed by atoms with Crippen LogP contribution in [0, 0.1) is 0 Å². The molecule has 31 heavy (non-hydrogen) atoms. The van der Waals surface area contributed by atoms with Gasteiger partial charge in [0.1, 0.15) is 12.4 Å². The number of rotatable bonds is 9. The van der Waals surface area contributed by atoms with Crippen molar-refractivity contribution in [1.82, 2.24) is 15.3 Å². The molecule has 2 heterocycles. The lowest BCUT2D eigenvalue weighted by atomic mass is 10.2. The van der Waals surface area contributed by atoms with E-state index in [9.17, 15) is 4.79 Å². The highest BCUT2D eigenvalue weighted by Gasteiger charge is 2.11. The fourth-order valence-electron chi connectivity index (χ4n) is 3.02. The molecule has 0 unspecified atom stereocenters. The lowest BCUT2D eigenvalue weighted by molar-refractivity contribution is -0.126. The van der Waals surface area contributed by atoms with Crippen molar-refractivity contribution in [2.45, 2.75) is 6.61 Å². The zero-order valence-corrected chi connectivity index (χ0v) is 18.2. The van der Waals surface area contributed by atoms with Crippen LogP contribution in [0.4, 0.5) is 5.82 Å². The van der Waals surface area contributed by atoms with E-state index in [0.29, 0.717) is 36.4 Å². The lowest BCUT2D eigenvalue weighted by Gasteiger charge is -2.11. The predicted molar refractivity (Wildman–Crippen MR) is 125 cm³/mol. The van der Waals surface area contributed by atoms with Crippen molar-refractivity contribution in [2.24, 2.45) is 0 Å². The van der Waals surface area contributed by atoms with Gasteiger partial charge in [0.2, 0.25) is 5.91 Å². The number of anilines is 1. The molecule has 0 aliphatic carbocycles. The molecule has 2 N–H and O–H groups in total. The molecule has 0 aliphatic heterocycles. The van der Waals surface area contributed by atoms with E-state index >= 15 is 0 Å². The Hall–Kier alpha value is -3.00. The molecule has 4 aromatic rings. The number of amides is 1. The quantitative estimate of drug-likeness (QED) is 0.358. The number of carbonyl (C=O) groups is 1. The minimum Gasteiger partial charge on any atom is -0.368 e. The van der Waals surface area contributed by atoms with Gasteiger partial charge in [-0.2, -0.15) is 0 Å². The van der Waals surface area contributed by atoms with Crippen LogP contribution in [0.2, 0.25) is 5.02 Å². The van der Waals surface area contributed by atoms with Crippen LogP contribution in [0.5, 0.6) is 0 Å². The van der Waals surface area contributed by atoms with E-state index in [-0.39, 0.29) is 12.5 Å². The Bertz CT molecular complexity index is 1150. The fourth-order valence-corrected chi connectivity index (χ4v) is 3.85. The summed E-state index contributed by atoms with van der Waals surface area (Å²) in [4.78, 5) is 22.3. The second kappa shape index (κ2) is 10.3. The van der Waals surface area contributed by atoms with Crippen molar-refractivity contribution in [2.75, 3.05) is 25.0 Å². The molecule has 2 aromatic heterocycles. The molecule has 0 saturated carbocycles. The van der Waals surface area contributed by atoms with E-state index in [1.165, 1.54) is 0 Å². The van der Waals surface area contributed by atoms with Gasteiger partial charge in [0, 0.05) is 23.5 Å². The normalized spacial score (nSPS) is 10.9. The summed E-state index contributed by atoms with van der Waals surface area (Å²) in [5.41, 5.74) is 1.81. The van der Waals surface area contributed by atoms with E-state index in [0.717, 1.165) is 21.3 Å². The Labute approximate surface area is 189 Å². The first-order valence-corrected chi connectivity index (χ1v) is 11.1. The highest BCUT2D eigenvalue weighted by Crippen LogP contribution is 2.28. The summed E-state index contributed by atoms with van der Waals surface area (Å²) < 4.78 is 5.46. The number of nitrogens with zero attached hydrogens (tertiary/aromatic N) is 2. The first-order chi connectivity index (χ1) is 15.2. The van der Waals surface area contributed by atoms with Crippen LogP contribution in [0.1, 0.15) is 5.56 Å². The average Bonchev–Trinajstić information content (AvgIpc) is 3.32. The molecule has 158 valence electrons. The third kappa shape index (κ3) is 5.79. The Kier molecular flexibility index (Phi) is 7.09. The Morgan fingerprint density at radius 3 is 2.71 bits per heavy atom. The summed E-state index contributed by atoms with van der Waals surface area (Å²) >= 11 is 7.73. The zero-order chi connectivity index (χ0) is 21.5. The summed E-state index contributed by atoms with van der Waals surface area (Å²) in [6.45, 7) is 1.39. The first-order valence-electron chi connectivity index (χ1n) is 9.82. The van der Waals surface area contributed by atoms with Crippen LogP contribution in [-0.2, 0) is 16.1 Å². The number of benzene rings is 2. The number of thiophene rings is 1. The van der Waals surface area contributed by atoms with E-state index in [1.807, 2.05) is 66.0 Å². The lowest BCUT2D eigenvalue weighted by Crippen LogP contribution is -2.31. The molecule has 2 aromatic carbocycles. The van der Waals surface area contributed by atoms with Gasteiger partial charge in [-0.15, -0.1) is 11.3 Å². The molecule has 0 fully saturated rings. The average molecular weight is 453 g/mol. The van der Waals surface area contributed by atoms with Gasteiger partial charge in [-0.25, -0.2) is 9.97 Å². The van der Waals surface area contributed by atoms with Crippen LogP contribution in [0.3, 0.4) is 0 Å². The maximum Gasteiger partial charge on any atom is 0.246 e. The zero-order valence-electron chi connectivity index (χ0n) is 16.7. The number of halogens is 1. The number of hydrogen-bond donors (Lipinski definition) is 2. The van der Waals surface area contributed by atoms with Crippen molar-refractivity contribution in [3.63, 3.8) is 0 Å². The predicted octanol–water partition coefficient (Wildman–Crippen LogP) is 4.76. The van der Waals surface area contributed by atoms with Crippen LogP contribution < -0.4 is 10.6 Å². The highest BCUT2D eigenvalue weighted by atomic mass is 35.5. The molecule has 0 saturated heterocycles. The molecule has 8 heteroatoms. The number of carbonyl (C=O) groups excluding carboxylic acids is 1. The standard InChI is InChI=1S/C23H21ClN4O2S/c24-17-8-9-18-19(13-17)27-23(20-7-4-12-31-20)28-22(18)26-11-10-25-21(29)15-30-14-16-5-2-1-3-6-16/h1-9,12-13H,10-11,14-15H2,(H,25,29)(H,26,27,28). The highest BCUT2D eigenvalue weighted by molar-refractivity contribution is 7.13. The van der Waals surface area contributed by atoms with E-state index in [2.05, 4.69) is 20.6 Å². The molecular weight excluding hydrogens is 432 g/mol. The van der Waals surface area contributed by atoms with Gasteiger partial charge in [-0.1, -0.05) is 48.0 Å². The number of aromatic nitrogens is 2. The maximum absolute atomic E-state index is 12.0. The fraction of sp³-hybridized carbons (Fsp3) is 0.174. The van der Waals surface area contributed by atoms with Gasteiger partial charge in [0.25, 0.3) is 0 Å². The molecular formula is C23H21ClN4O2S. The third-order valence-corrected chi connectivity index (χ3v) is 5.59. The molecule has 0 radical (unpaired) electrons. The van der Waals surface area contributed by atoms with Crippen molar-refractivity contribution >= 4 is 45.6 Å². The summed E-state index contributed by atoms with van der Waals surface area (Å²) in [7, 11) is 0. The van der Waals surface area contributed by atoms with Crippen LogP contribution >= 0.6 is 22.9 Å². The second-order valence-corrected chi connectivity index (χ2v) is 8.17. The van der Waals surface area contributed by atoms with Crippen LogP contribution in [0.15, 0.2) is 66.0 Å². The summed E-state index contributed by atoms with van der Waals surface area (Å²) in [6, 6.07) is 19.2. The number of nitrogens with one attached hydrogen (secondary N) is 2. The maximum atomic E-state index is 12.0. The SMILES string of the molecule is O=C(COCc1ccccc1)NCCNc1nc(-c2cccs2)nc2cc(Cl)ccc12. The minimum atomic E-state index is -0.156. The van der Waals surface area contributed by atoms with Crippen molar-refractivity contribution in [1.29, 1.82) is 0 Å². The topological polar surface area (TPSA) is 76.1 Å². The van der Waals surface area contributed by atoms with Gasteiger partial charge < -0.3 is 15.4 Å². The summed E-state index contributed by atoms with van der Waals surface area (Å²) in [5, 5.41) is 9.64. The van der Waals surface area contributed by atoms with Gasteiger partial charge in [-0.3, -0.25) is 4.79 Å². The van der Waals surface area contributed by atoms with E-state index < -0.39 is 0 Å². The van der Waals surface area contributed by atoms with Crippen molar-refractivity contribution in [3.8, 4) is 10.7 Å². The minimum absolute atomic E-state index is 0.0202. The third-order valence-electron chi connectivity index (χ3n) is 4.48. The Morgan fingerprint density at radius 2 is 1.90 bits per heavy atom. The number of fused-ring (bicyclic) bond motifs is 1. The van der Waals surface area contributed by atoms with Gasteiger partial charge in [-0.05, 0) is 35.2 Å².